The van der Waals surface area contributed by atoms with Gasteiger partial charge in [0.05, 0.1) is 15.1 Å². The minimum absolute atomic E-state index is 0.0853. The van der Waals surface area contributed by atoms with Crippen molar-refractivity contribution in [3.05, 3.63) is 70.9 Å². The second-order valence-electron chi connectivity index (χ2n) is 5.00. The summed E-state index contributed by atoms with van der Waals surface area (Å²) in [5.41, 5.74) is 2.77. The lowest BCUT2D eigenvalue weighted by molar-refractivity contribution is 0.103. The zero-order chi connectivity index (χ0) is 15.6. The van der Waals surface area contributed by atoms with Gasteiger partial charge in [-0.05, 0) is 29.6 Å². The highest BCUT2D eigenvalue weighted by Crippen LogP contribution is 2.31. The molecule has 0 aliphatic rings. The molecular formula is C18H12N2OS2. The molecule has 0 bridgehead atoms. The Morgan fingerprint density at radius 3 is 2.65 bits per heavy atom. The molecule has 2 aromatic heterocycles. The van der Waals surface area contributed by atoms with E-state index in [1.165, 1.54) is 11.3 Å². The second kappa shape index (κ2) is 5.95. The molecule has 5 heteroatoms. The van der Waals surface area contributed by atoms with Gasteiger partial charge in [0.2, 0.25) is 0 Å². The zero-order valence-corrected chi connectivity index (χ0v) is 13.7. The number of anilines is 1. The maximum absolute atomic E-state index is 12.1. The average molecular weight is 336 g/mol. The van der Waals surface area contributed by atoms with E-state index in [9.17, 15) is 4.79 Å². The van der Waals surface area contributed by atoms with Crippen LogP contribution in [0.1, 0.15) is 9.67 Å². The van der Waals surface area contributed by atoms with Crippen LogP contribution in [0, 0.1) is 0 Å². The highest BCUT2D eigenvalue weighted by Gasteiger charge is 2.10. The van der Waals surface area contributed by atoms with Gasteiger partial charge in [0.1, 0.15) is 5.01 Å². The van der Waals surface area contributed by atoms with E-state index in [0.717, 1.165) is 26.5 Å². The van der Waals surface area contributed by atoms with E-state index >= 15 is 0 Å². The second-order valence-corrected chi connectivity index (χ2v) is 6.98. The Morgan fingerprint density at radius 1 is 1.00 bits per heavy atom. The molecule has 0 fully saturated rings. The first-order chi connectivity index (χ1) is 11.3. The molecule has 0 radical (unpaired) electrons. The van der Waals surface area contributed by atoms with Gasteiger partial charge in [0.25, 0.3) is 5.91 Å². The van der Waals surface area contributed by atoms with Crippen molar-refractivity contribution in [1.82, 2.24) is 4.98 Å². The molecule has 4 rings (SSSR count). The highest BCUT2D eigenvalue weighted by molar-refractivity contribution is 7.21. The van der Waals surface area contributed by atoms with Crippen LogP contribution in [0.4, 0.5) is 5.69 Å². The molecule has 23 heavy (non-hydrogen) atoms. The SMILES string of the molecule is O=C(Nc1ccc2sc(-c3ccccc3)nc2c1)c1cccs1. The molecular weight excluding hydrogens is 324 g/mol. The first-order valence-corrected chi connectivity index (χ1v) is 8.80. The smallest absolute Gasteiger partial charge is 0.265 e. The number of hydrogen-bond acceptors (Lipinski definition) is 4. The summed E-state index contributed by atoms with van der Waals surface area (Å²) in [4.78, 5) is 17.5. The van der Waals surface area contributed by atoms with Gasteiger partial charge in [0, 0.05) is 11.3 Å². The summed E-state index contributed by atoms with van der Waals surface area (Å²) in [7, 11) is 0. The van der Waals surface area contributed by atoms with Crippen molar-refractivity contribution in [3.8, 4) is 10.6 Å². The van der Waals surface area contributed by atoms with E-state index in [2.05, 4.69) is 22.4 Å². The van der Waals surface area contributed by atoms with Gasteiger partial charge in [-0.1, -0.05) is 36.4 Å². The Bertz CT molecular complexity index is 959. The molecule has 2 aromatic carbocycles. The molecule has 0 spiro atoms. The summed E-state index contributed by atoms with van der Waals surface area (Å²) >= 11 is 3.08. The van der Waals surface area contributed by atoms with Crippen molar-refractivity contribution < 1.29 is 4.79 Å². The number of rotatable bonds is 3. The largest absolute Gasteiger partial charge is 0.321 e. The molecule has 0 aliphatic heterocycles. The summed E-state index contributed by atoms with van der Waals surface area (Å²) in [5.74, 6) is -0.0853. The molecule has 0 saturated carbocycles. The van der Waals surface area contributed by atoms with Crippen molar-refractivity contribution >= 4 is 44.5 Å². The minimum atomic E-state index is -0.0853. The maximum Gasteiger partial charge on any atom is 0.265 e. The van der Waals surface area contributed by atoms with Crippen LogP contribution >= 0.6 is 22.7 Å². The van der Waals surface area contributed by atoms with E-state index in [-0.39, 0.29) is 5.91 Å². The van der Waals surface area contributed by atoms with Gasteiger partial charge in [0.15, 0.2) is 0 Å². The molecule has 1 amide bonds. The van der Waals surface area contributed by atoms with Crippen LogP contribution in [-0.2, 0) is 0 Å². The lowest BCUT2D eigenvalue weighted by atomic mass is 10.2. The van der Waals surface area contributed by atoms with Crippen molar-refractivity contribution in [2.24, 2.45) is 0 Å². The molecule has 0 aliphatic carbocycles. The summed E-state index contributed by atoms with van der Waals surface area (Å²) in [6.45, 7) is 0. The third kappa shape index (κ3) is 2.88. The molecule has 3 nitrogen and oxygen atoms in total. The summed E-state index contributed by atoms with van der Waals surface area (Å²) in [6.07, 6.45) is 0. The minimum Gasteiger partial charge on any atom is -0.321 e. The maximum atomic E-state index is 12.1. The van der Waals surface area contributed by atoms with Gasteiger partial charge in [-0.2, -0.15) is 0 Å². The normalized spacial score (nSPS) is 10.8. The zero-order valence-electron chi connectivity index (χ0n) is 12.0. The molecule has 0 saturated heterocycles. The topological polar surface area (TPSA) is 42.0 Å². The third-order valence-corrected chi connectivity index (χ3v) is 5.37. The number of carbonyl (C=O) groups is 1. The van der Waals surface area contributed by atoms with E-state index in [1.54, 1.807) is 11.3 Å². The van der Waals surface area contributed by atoms with Crippen molar-refractivity contribution in [2.45, 2.75) is 0 Å². The van der Waals surface area contributed by atoms with Gasteiger partial charge in [-0.25, -0.2) is 4.98 Å². The van der Waals surface area contributed by atoms with Gasteiger partial charge in [-0.3, -0.25) is 4.79 Å². The Labute approximate surface area is 141 Å². The third-order valence-electron chi connectivity index (χ3n) is 3.41. The number of benzene rings is 2. The monoisotopic (exact) mass is 336 g/mol. The summed E-state index contributed by atoms with van der Waals surface area (Å²) < 4.78 is 1.11. The number of carbonyl (C=O) groups excluding carboxylic acids is 1. The fourth-order valence-electron chi connectivity index (χ4n) is 2.31. The van der Waals surface area contributed by atoms with E-state index in [4.69, 9.17) is 0 Å². The number of nitrogens with one attached hydrogen (secondary N) is 1. The van der Waals surface area contributed by atoms with Crippen LogP contribution in [0.25, 0.3) is 20.8 Å². The highest BCUT2D eigenvalue weighted by atomic mass is 32.1. The average Bonchev–Trinajstić information content (AvgIpc) is 3.25. The Morgan fingerprint density at radius 2 is 1.87 bits per heavy atom. The fourth-order valence-corrected chi connectivity index (χ4v) is 3.88. The van der Waals surface area contributed by atoms with Crippen molar-refractivity contribution in [3.63, 3.8) is 0 Å². The van der Waals surface area contributed by atoms with Gasteiger partial charge >= 0.3 is 0 Å². The van der Waals surface area contributed by atoms with E-state index < -0.39 is 0 Å². The number of aromatic nitrogens is 1. The molecule has 112 valence electrons. The predicted molar refractivity (Wildman–Crippen MR) is 97.3 cm³/mol. The van der Waals surface area contributed by atoms with E-state index in [1.807, 2.05) is 53.9 Å². The van der Waals surface area contributed by atoms with Gasteiger partial charge < -0.3 is 5.32 Å². The number of amides is 1. The Balaban J connectivity index is 1.64. The van der Waals surface area contributed by atoms with Crippen LogP contribution < -0.4 is 5.32 Å². The summed E-state index contributed by atoms with van der Waals surface area (Å²) in [5, 5.41) is 5.80. The number of thiazole rings is 1. The standard InChI is InChI=1S/C18H12N2OS2/c21-17(16-7-4-10-22-16)19-13-8-9-15-14(11-13)20-18(23-15)12-5-2-1-3-6-12/h1-11H,(H,19,21). The number of nitrogens with zero attached hydrogens (tertiary/aromatic N) is 1. The van der Waals surface area contributed by atoms with Crippen molar-refractivity contribution in [1.29, 1.82) is 0 Å². The fraction of sp³-hybridized carbons (Fsp3) is 0. The summed E-state index contributed by atoms with van der Waals surface area (Å²) in [6, 6.07) is 19.6. The number of thiophene rings is 1. The molecule has 4 aromatic rings. The Kier molecular flexibility index (Phi) is 3.65. The first-order valence-electron chi connectivity index (χ1n) is 7.10. The lowest BCUT2D eigenvalue weighted by Gasteiger charge is -2.02. The molecule has 0 atom stereocenters. The first kappa shape index (κ1) is 14.1. The van der Waals surface area contributed by atoms with Crippen LogP contribution in [0.3, 0.4) is 0 Å². The Hall–Kier alpha value is -2.50. The molecule has 2 heterocycles. The van der Waals surface area contributed by atoms with Crippen molar-refractivity contribution in [2.75, 3.05) is 5.32 Å². The van der Waals surface area contributed by atoms with E-state index in [0.29, 0.717) is 4.88 Å². The quantitative estimate of drug-likeness (QED) is 0.553. The van der Waals surface area contributed by atoms with Crippen LogP contribution in [0.5, 0.6) is 0 Å². The molecule has 1 N–H and O–H groups in total. The molecule has 0 unspecified atom stereocenters. The van der Waals surface area contributed by atoms with Gasteiger partial charge in [-0.15, -0.1) is 22.7 Å². The number of hydrogen-bond donors (Lipinski definition) is 1. The van der Waals surface area contributed by atoms with Crippen LogP contribution in [0.15, 0.2) is 66.0 Å². The van der Waals surface area contributed by atoms with Crippen LogP contribution in [-0.4, -0.2) is 10.9 Å². The predicted octanol–water partition coefficient (Wildman–Crippen LogP) is 5.28. The number of fused-ring (bicyclic) bond motifs is 1. The van der Waals surface area contributed by atoms with Crippen LogP contribution in [0.2, 0.25) is 0 Å². The lowest BCUT2D eigenvalue weighted by Crippen LogP contribution is -2.09.